The van der Waals surface area contributed by atoms with Crippen molar-refractivity contribution in [2.45, 2.75) is 12.5 Å². The van der Waals surface area contributed by atoms with Gasteiger partial charge in [-0.25, -0.2) is 0 Å². The Bertz CT molecular complexity index is 988. The third-order valence-corrected chi connectivity index (χ3v) is 5.46. The summed E-state index contributed by atoms with van der Waals surface area (Å²) < 4.78 is 10.3. The molecule has 0 saturated carbocycles. The second kappa shape index (κ2) is 9.51. The first-order chi connectivity index (χ1) is 14.4. The number of carbonyl (C=O) groups is 2. The van der Waals surface area contributed by atoms with Gasteiger partial charge in [0.2, 0.25) is 0 Å². The first-order valence-electron chi connectivity index (χ1n) is 9.25. The molecule has 1 atom stereocenters. The monoisotopic (exact) mass is 449 g/mol. The highest BCUT2D eigenvalue weighted by Crippen LogP contribution is 2.40. The molecule has 1 saturated heterocycles. The molecule has 2 aromatic rings. The summed E-state index contributed by atoms with van der Waals surface area (Å²) in [5, 5.41) is 11.9. The predicted octanol–water partition coefficient (Wildman–Crippen LogP) is 4.46. The number of carbonyl (C=O) groups excluding carboxylic acids is 2. The van der Waals surface area contributed by atoms with Crippen LogP contribution in [0.3, 0.4) is 0 Å². The van der Waals surface area contributed by atoms with Gasteiger partial charge in [-0.05, 0) is 42.3 Å². The molecule has 6 nitrogen and oxygen atoms in total. The minimum absolute atomic E-state index is 0.00381. The third kappa shape index (κ3) is 4.31. The Kier molecular flexibility index (Phi) is 7.02. The number of ketones is 1. The Morgan fingerprint density at radius 3 is 2.43 bits per heavy atom. The standard InChI is InChI=1S/C22H21Cl2NO5/c1-29-11-3-10-25-19(13-4-7-15(23)8-5-13)18(21(27)22(25)28)20(26)14-6-9-16(24)17(12-14)30-2/h4-9,12,19,26H,3,10-11H2,1-2H3/b20-18-. The van der Waals surface area contributed by atoms with Crippen molar-refractivity contribution in [3.63, 3.8) is 0 Å². The average molecular weight is 450 g/mol. The summed E-state index contributed by atoms with van der Waals surface area (Å²) in [6, 6.07) is 10.7. The predicted molar refractivity (Wildman–Crippen MR) is 115 cm³/mol. The Labute approximate surface area is 184 Å². The van der Waals surface area contributed by atoms with Crippen molar-refractivity contribution in [3.8, 4) is 5.75 Å². The van der Waals surface area contributed by atoms with Crippen LogP contribution in [0.25, 0.3) is 5.76 Å². The summed E-state index contributed by atoms with van der Waals surface area (Å²) in [7, 11) is 3.02. The summed E-state index contributed by atoms with van der Waals surface area (Å²) in [6.45, 7) is 0.733. The lowest BCUT2D eigenvalue weighted by molar-refractivity contribution is -0.140. The number of nitrogens with zero attached hydrogens (tertiary/aromatic N) is 1. The highest BCUT2D eigenvalue weighted by Gasteiger charge is 2.45. The number of Topliss-reactive ketones (excluding diaryl/α,β-unsaturated/α-hetero) is 1. The molecule has 1 amide bonds. The van der Waals surface area contributed by atoms with Crippen molar-refractivity contribution < 1.29 is 24.2 Å². The number of methoxy groups -OCH3 is 2. The maximum absolute atomic E-state index is 12.9. The van der Waals surface area contributed by atoms with E-state index in [9.17, 15) is 14.7 Å². The van der Waals surface area contributed by atoms with Crippen LogP contribution in [0.15, 0.2) is 48.0 Å². The lowest BCUT2D eigenvalue weighted by Crippen LogP contribution is -2.31. The molecule has 0 radical (unpaired) electrons. The molecule has 1 N–H and O–H groups in total. The zero-order chi connectivity index (χ0) is 21.8. The number of halogens is 2. The fourth-order valence-corrected chi connectivity index (χ4v) is 3.76. The van der Waals surface area contributed by atoms with Crippen LogP contribution in [0.4, 0.5) is 0 Å². The summed E-state index contributed by atoms with van der Waals surface area (Å²) in [6.07, 6.45) is 0.544. The molecule has 30 heavy (non-hydrogen) atoms. The van der Waals surface area contributed by atoms with E-state index < -0.39 is 17.7 Å². The van der Waals surface area contributed by atoms with Crippen molar-refractivity contribution in [2.24, 2.45) is 0 Å². The van der Waals surface area contributed by atoms with Crippen LogP contribution in [-0.2, 0) is 14.3 Å². The summed E-state index contributed by atoms with van der Waals surface area (Å²) in [4.78, 5) is 27.2. The van der Waals surface area contributed by atoms with Crippen LogP contribution in [-0.4, -0.2) is 49.1 Å². The number of amides is 1. The van der Waals surface area contributed by atoms with Crippen LogP contribution >= 0.6 is 23.2 Å². The lowest BCUT2D eigenvalue weighted by Gasteiger charge is -2.25. The maximum Gasteiger partial charge on any atom is 0.295 e. The van der Waals surface area contributed by atoms with Gasteiger partial charge in [0.25, 0.3) is 11.7 Å². The van der Waals surface area contributed by atoms with Crippen molar-refractivity contribution in [1.82, 2.24) is 4.90 Å². The maximum atomic E-state index is 12.9. The molecule has 1 heterocycles. The smallest absolute Gasteiger partial charge is 0.295 e. The minimum atomic E-state index is -0.751. The number of rotatable bonds is 7. The van der Waals surface area contributed by atoms with E-state index in [1.807, 2.05) is 0 Å². The fraction of sp³-hybridized carbons (Fsp3) is 0.273. The largest absolute Gasteiger partial charge is 0.507 e. The van der Waals surface area contributed by atoms with Crippen molar-refractivity contribution in [3.05, 3.63) is 69.2 Å². The van der Waals surface area contributed by atoms with Crippen LogP contribution in [0, 0.1) is 0 Å². The molecule has 2 aromatic carbocycles. The first-order valence-corrected chi connectivity index (χ1v) is 10.0. The van der Waals surface area contributed by atoms with E-state index in [-0.39, 0.29) is 11.3 Å². The second-order valence-corrected chi connectivity index (χ2v) is 7.58. The van der Waals surface area contributed by atoms with Gasteiger partial charge in [-0.3, -0.25) is 9.59 Å². The SMILES string of the molecule is COCCCN1C(=O)C(=O)/C(=C(\O)c2ccc(Cl)c(OC)c2)C1c1ccc(Cl)cc1. The summed E-state index contributed by atoms with van der Waals surface area (Å²) in [5.74, 6) is -1.37. The van der Waals surface area contributed by atoms with E-state index in [0.717, 1.165) is 0 Å². The highest BCUT2D eigenvalue weighted by molar-refractivity contribution is 6.46. The van der Waals surface area contributed by atoms with Gasteiger partial charge >= 0.3 is 0 Å². The zero-order valence-corrected chi connectivity index (χ0v) is 18.0. The molecule has 3 rings (SSSR count). The van der Waals surface area contributed by atoms with Crippen molar-refractivity contribution in [2.75, 3.05) is 27.4 Å². The Morgan fingerprint density at radius 1 is 1.10 bits per heavy atom. The van der Waals surface area contributed by atoms with E-state index >= 15 is 0 Å². The average Bonchev–Trinajstić information content (AvgIpc) is 2.99. The molecule has 0 bridgehead atoms. The Balaban J connectivity index is 2.13. The Hall–Kier alpha value is -2.54. The number of hydrogen-bond acceptors (Lipinski definition) is 5. The van der Waals surface area contributed by atoms with E-state index in [1.54, 1.807) is 43.5 Å². The van der Waals surface area contributed by atoms with Gasteiger partial charge in [0.15, 0.2) is 0 Å². The minimum Gasteiger partial charge on any atom is -0.507 e. The van der Waals surface area contributed by atoms with Crippen molar-refractivity contribution >= 4 is 40.7 Å². The number of aliphatic hydroxyl groups is 1. The molecule has 0 aromatic heterocycles. The summed E-state index contributed by atoms with van der Waals surface area (Å²) >= 11 is 12.1. The summed E-state index contributed by atoms with van der Waals surface area (Å²) in [5.41, 5.74) is 0.993. The quantitative estimate of drug-likeness (QED) is 0.292. The molecule has 8 heteroatoms. The topological polar surface area (TPSA) is 76.1 Å². The van der Waals surface area contributed by atoms with Gasteiger partial charge in [0.1, 0.15) is 11.5 Å². The third-order valence-electron chi connectivity index (χ3n) is 4.90. The molecule has 1 unspecified atom stereocenters. The molecular formula is C22H21Cl2NO5. The molecule has 0 spiro atoms. The van der Waals surface area contributed by atoms with Gasteiger partial charge in [0, 0.05) is 30.8 Å². The van der Waals surface area contributed by atoms with Gasteiger partial charge < -0.3 is 19.5 Å². The van der Waals surface area contributed by atoms with Gasteiger partial charge in [-0.15, -0.1) is 0 Å². The molecule has 1 aliphatic heterocycles. The normalized spacial score (nSPS) is 18.1. The zero-order valence-electron chi connectivity index (χ0n) is 16.5. The number of hydrogen-bond donors (Lipinski definition) is 1. The van der Waals surface area contributed by atoms with E-state index in [0.29, 0.717) is 46.5 Å². The fourth-order valence-electron chi connectivity index (χ4n) is 3.44. The van der Waals surface area contributed by atoms with E-state index in [4.69, 9.17) is 32.7 Å². The van der Waals surface area contributed by atoms with E-state index in [2.05, 4.69) is 0 Å². The van der Waals surface area contributed by atoms with Gasteiger partial charge in [-0.1, -0.05) is 35.3 Å². The van der Waals surface area contributed by atoms with Crippen LogP contribution in [0.5, 0.6) is 5.75 Å². The van der Waals surface area contributed by atoms with Crippen LogP contribution < -0.4 is 4.74 Å². The molecule has 158 valence electrons. The van der Waals surface area contributed by atoms with Gasteiger partial charge in [-0.2, -0.15) is 0 Å². The van der Waals surface area contributed by atoms with Crippen LogP contribution in [0.2, 0.25) is 10.0 Å². The first kappa shape index (κ1) is 22.2. The Morgan fingerprint density at radius 2 is 1.80 bits per heavy atom. The van der Waals surface area contributed by atoms with Crippen molar-refractivity contribution in [1.29, 1.82) is 0 Å². The number of benzene rings is 2. The number of likely N-dealkylation sites (tertiary alicyclic amines) is 1. The lowest BCUT2D eigenvalue weighted by atomic mass is 9.95. The molecule has 0 aliphatic carbocycles. The molecular weight excluding hydrogens is 429 g/mol. The molecule has 1 aliphatic rings. The second-order valence-electron chi connectivity index (χ2n) is 6.74. The number of ether oxygens (including phenoxy) is 2. The van der Waals surface area contributed by atoms with Gasteiger partial charge in [0.05, 0.1) is 23.7 Å². The highest BCUT2D eigenvalue weighted by atomic mass is 35.5. The number of aliphatic hydroxyl groups excluding tert-OH is 1. The molecule has 1 fully saturated rings. The van der Waals surface area contributed by atoms with E-state index in [1.165, 1.54) is 18.1 Å². The van der Waals surface area contributed by atoms with Crippen LogP contribution in [0.1, 0.15) is 23.6 Å².